The van der Waals surface area contributed by atoms with E-state index in [2.05, 4.69) is 15.9 Å². The van der Waals surface area contributed by atoms with Crippen molar-refractivity contribution in [2.75, 3.05) is 20.6 Å². The molecule has 0 N–H and O–H groups in total. The lowest BCUT2D eigenvalue weighted by Gasteiger charge is -2.26. The highest BCUT2D eigenvalue weighted by Gasteiger charge is 2.40. The van der Waals surface area contributed by atoms with Gasteiger partial charge in [0.05, 0.1) is 4.90 Å². The summed E-state index contributed by atoms with van der Waals surface area (Å²) in [6.07, 6.45) is 1.28. The van der Waals surface area contributed by atoms with Crippen LogP contribution >= 0.6 is 15.9 Å². The highest BCUT2D eigenvalue weighted by molar-refractivity contribution is 9.10. The van der Waals surface area contributed by atoms with Gasteiger partial charge >= 0.3 is 0 Å². The summed E-state index contributed by atoms with van der Waals surface area (Å²) in [6, 6.07) is 4.57. The van der Waals surface area contributed by atoms with Gasteiger partial charge in [-0.2, -0.15) is 4.31 Å². The van der Waals surface area contributed by atoms with Crippen LogP contribution in [0.2, 0.25) is 0 Å². The zero-order valence-electron chi connectivity index (χ0n) is 12.3. The molecule has 1 aliphatic rings. The fourth-order valence-corrected chi connectivity index (χ4v) is 4.97. The van der Waals surface area contributed by atoms with E-state index in [-0.39, 0.29) is 10.8 Å². The molecule has 0 aliphatic carbocycles. The van der Waals surface area contributed by atoms with Gasteiger partial charge in [0.25, 0.3) is 0 Å². The molecular weight excluding hydrogens is 356 g/mol. The highest BCUT2D eigenvalue weighted by atomic mass is 79.9. The Labute approximate surface area is 134 Å². The third-order valence-electron chi connectivity index (χ3n) is 3.67. The molecule has 1 saturated heterocycles. The number of hydrogen-bond acceptors (Lipinski definition) is 3. The molecule has 1 heterocycles. The molecule has 0 unspecified atom stereocenters. The van der Waals surface area contributed by atoms with E-state index in [9.17, 15) is 13.2 Å². The van der Waals surface area contributed by atoms with Crippen molar-refractivity contribution in [1.29, 1.82) is 0 Å². The van der Waals surface area contributed by atoms with Crippen LogP contribution in [0.4, 0.5) is 0 Å². The molecule has 7 heteroatoms. The summed E-state index contributed by atoms with van der Waals surface area (Å²) in [5.41, 5.74) is 0.682. The van der Waals surface area contributed by atoms with Gasteiger partial charge in [0.15, 0.2) is 0 Å². The smallest absolute Gasteiger partial charge is 0.244 e. The number of sulfonamides is 1. The molecule has 21 heavy (non-hydrogen) atoms. The SMILES string of the molecule is Cc1ccc(Br)cc1S(=O)(=O)N1CCC[C@H]1C(=O)N(C)C. The fraction of sp³-hybridized carbons (Fsp3) is 0.500. The molecular formula is C14H19BrN2O3S. The number of aryl methyl sites for hydroxylation is 1. The standard InChI is InChI=1S/C14H19BrN2O3S/c1-10-6-7-11(15)9-13(10)21(19,20)17-8-4-5-12(17)14(18)16(2)3/h6-7,9,12H,4-5,8H2,1-3H3/t12-/m0/s1. The van der Waals surface area contributed by atoms with Crippen LogP contribution < -0.4 is 0 Å². The summed E-state index contributed by atoms with van der Waals surface area (Å²) in [5, 5.41) is 0. The number of benzene rings is 1. The van der Waals surface area contributed by atoms with E-state index >= 15 is 0 Å². The number of carbonyl (C=O) groups is 1. The summed E-state index contributed by atoms with van der Waals surface area (Å²) in [5.74, 6) is -0.163. The second-order valence-electron chi connectivity index (χ2n) is 5.42. The Kier molecular flexibility index (Phi) is 4.75. The summed E-state index contributed by atoms with van der Waals surface area (Å²) < 4.78 is 27.8. The van der Waals surface area contributed by atoms with Crippen LogP contribution in [0.5, 0.6) is 0 Å². The van der Waals surface area contributed by atoms with Gasteiger partial charge in [-0.05, 0) is 37.5 Å². The number of rotatable bonds is 3. The van der Waals surface area contributed by atoms with Crippen LogP contribution in [-0.4, -0.2) is 50.2 Å². The Balaban J connectivity index is 2.43. The van der Waals surface area contributed by atoms with Crippen LogP contribution in [0, 0.1) is 6.92 Å². The van der Waals surface area contributed by atoms with Gasteiger partial charge in [-0.1, -0.05) is 22.0 Å². The van der Waals surface area contributed by atoms with Gasteiger partial charge < -0.3 is 4.90 Å². The van der Waals surface area contributed by atoms with Gasteiger partial charge in [0, 0.05) is 25.1 Å². The molecule has 0 bridgehead atoms. The molecule has 0 saturated carbocycles. The maximum atomic E-state index is 12.9. The van der Waals surface area contributed by atoms with Gasteiger partial charge in [-0.15, -0.1) is 0 Å². The summed E-state index contributed by atoms with van der Waals surface area (Å²) in [6.45, 7) is 2.15. The molecule has 1 amide bonds. The summed E-state index contributed by atoms with van der Waals surface area (Å²) in [7, 11) is -0.367. The molecule has 2 rings (SSSR count). The quantitative estimate of drug-likeness (QED) is 0.812. The fourth-order valence-electron chi connectivity index (χ4n) is 2.55. The monoisotopic (exact) mass is 374 g/mol. The van der Waals surface area contributed by atoms with Crippen LogP contribution in [0.25, 0.3) is 0 Å². The topological polar surface area (TPSA) is 57.7 Å². The molecule has 116 valence electrons. The molecule has 5 nitrogen and oxygen atoms in total. The minimum absolute atomic E-state index is 0.163. The van der Waals surface area contributed by atoms with Crippen molar-refractivity contribution in [2.24, 2.45) is 0 Å². The first-order valence-corrected chi connectivity index (χ1v) is 8.97. The van der Waals surface area contributed by atoms with Crippen LogP contribution in [0.1, 0.15) is 18.4 Å². The normalized spacial score (nSPS) is 19.7. The van der Waals surface area contributed by atoms with Crippen LogP contribution in [0.3, 0.4) is 0 Å². The Morgan fingerprint density at radius 3 is 2.67 bits per heavy atom. The van der Waals surface area contributed by atoms with Crippen molar-refractivity contribution in [2.45, 2.75) is 30.7 Å². The molecule has 1 aromatic rings. The summed E-state index contributed by atoms with van der Waals surface area (Å²) >= 11 is 3.31. The van der Waals surface area contributed by atoms with Gasteiger partial charge in [-0.25, -0.2) is 8.42 Å². The average molecular weight is 375 g/mol. The maximum Gasteiger partial charge on any atom is 0.244 e. The number of amides is 1. The number of halogens is 1. The molecule has 1 fully saturated rings. The largest absolute Gasteiger partial charge is 0.347 e. The van der Waals surface area contributed by atoms with E-state index in [0.29, 0.717) is 29.4 Å². The first kappa shape index (κ1) is 16.5. The lowest BCUT2D eigenvalue weighted by Crippen LogP contribution is -2.45. The van der Waals surface area contributed by atoms with E-state index in [4.69, 9.17) is 0 Å². The predicted molar refractivity (Wildman–Crippen MR) is 84.5 cm³/mol. The summed E-state index contributed by atoms with van der Waals surface area (Å²) in [4.78, 5) is 13.9. The van der Waals surface area contributed by atoms with Crippen molar-refractivity contribution < 1.29 is 13.2 Å². The van der Waals surface area contributed by atoms with Crippen LogP contribution in [0.15, 0.2) is 27.6 Å². The van der Waals surface area contributed by atoms with E-state index < -0.39 is 16.1 Å². The number of hydrogen-bond donors (Lipinski definition) is 0. The van der Waals surface area contributed by atoms with E-state index in [1.54, 1.807) is 39.2 Å². The lowest BCUT2D eigenvalue weighted by atomic mass is 10.2. The minimum atomic E-state index is -3.66. The first-order chi connectivity index (χ1) is 9.75. The number of carbonyl (C=O) groups excluding carboxylic acids is 1. The van der Waals surface area contributed by atoms with Gasteiger partial charge in [-0.3, -0.25) is 4.79 Å². The molecule has 1 aromatic carbocycles. The van der Waals surface area contributed by atoms with E-state index in [0.717, 1.165) is 0 Å². The predicted octanol–water partition coefficient (Wildman–Crippen LogP) is 2.00. The minimum Gasteiger partial charge on any atom is -0.347 e. The maximum absolute atomic E-state index is 12.9. The second-order valence-corrected chi connectivity index (χ2v) is 8.19. The van der Waals surface area contributed by atoms with Crippen molar-refractivity contribution >= 4 is 31.9 Å². The highest BCUT2D eigenvalue weighted by Crippen LogP contribution is 2.30. The van der Waals surface area contributed by atoms with Gasteiger partial charge in [0.1, 0.15) is 6.04 Å². The Bertz CT molecular complexity index is 658. The Morgan fingerprint density at radius 1 is 1.38 bits per heavy atom. The zero-order chi connectivity index (χ0) is 15.8. The third kappa shape index (κ3) is 3.14. The van der Waals surface area contributed by atoms with Crippen molar-refractivity contribution in [3.63, 3.8) is 0 Å². The van der Waals surface area contributed by atoms with Gasteiger partial charge in [0.2, 0.25) is 15.9 Å². The van der Waals surface area contributed by atoms with Crippen molar-refractivity contribution in [1.82, 2.24) is 9.21 Å². The lowest BCUT2D eigenvalue weighted by molar-refractivity contribution is -0.132. The van der Waals surface area contributed by atoms with Crippen LogP contribution in [-0.2, 0) is 14.8 Å². The Hall–Kier alpha value is -0.920. The second kappa shape index (κ2) is 6.06. The van der Waals surface area contributed by atoms with Crippen molar-refractivity contribution in [3.8, 4) is 0 Å². The van der Waals surface area contributed by atoms with E-state index in [1.807, 2.05) is 0 Å². The first-order valence-electron chi connectivity index (χ1n) is 6.74. The molecule has 1 aliphatic heterocycles. The Morgan fingerprint density at radius 2 is 2.05 bits per heavy atom. The number of likely N-dealkylation sites (N-methyl/N-ethyl adjacent to an activating group) is 1. The molecule has 1 atom stereocenters. The van der Waals surface area contributed by atoms with Crippen molar-refractivity contribution in [3.05, 3.63) is 28.2 Å². The third-order valence-corrected chi connectivity index (χ3v) is 6.21. The molecule has 0 aromatic heterocycles. The number of nitrogens with zero attached hydrogens (tertiary/aromatic N) is 2. The zero-order valence-corrected chi connectivity index (χ0v) is 14.7. The molecule has 0 spiro atoms. The average Bonchev–Trinajstić information content (AvgIpc) is 2.90. The van der Waals surface area contributed by atoms with E-state index in [1.165, 1.54) is 9.21 Å². The molecule has 0 radical (unpaired) electrons.